The van der Waals surface area contributed by atoms with E-state index >= 15 is 0 Å². The van der Waals surface area contributed by atoms with Crippen LogP contribution in [-0.4, -0.2) is 27.2 Å². The van der Waals surface area contributed by atoms with Crippen LogP contribution in [0.3, 0.4) is 0 Å². The van der Waals surface area contributed by atoms with Crippen molar-refractivity contribution in [2.75, 3.05) is 18.2 Å². The van der Waals surface area contributed by atoms with Crippen molar-refractivity contribution >= 4 is 33.0 Å². The molecule has 5 nitrogen and oxygen atoms in total. The van der Waals surface area contributed by atoms with Crippen LogP contribution < -0.4 is 10.1 Å². The fourth-order valence-electron chi connectivity index (χ4n) is 1.69. The van der Waals surface area contributed by atoms with Gasteiger partial charge in [0.15, 0.2) is 16.4 Å². The van der Waals surface area contributed by atoms with Gasteiger partial charge >= 0.3 is 0 Å². The van der Waals surface area contributed by atoms with Gasteiger partial charge in [0.1, 0.15) is 5.75 Å². The van der Waals surface area contributed by atoms with Crippen LogP contribution in [0, 0.1) is 0 Å². The van der Waals surface area contributed by atoms with Gasteiger partial charge < -0.3 is 10.1 Å². The lowest BCUT2D eigenvalue weighted by Gasteiger charge is -2.08. The molecule has 0 aliphatic carbocycles. The summed E-state index contributed by atoms with van der Waals surface area (Å²) in [7, 11) is -3.25. The van der Waals surface area contributed by atoms with E-state index in [-0.39, 0.29) is 17.4 Å². The van der Waals surface area contributed by atoms with Crippen LogP contribution in [0.5, 0.6) is 5.75 Å². The molecule has 0 heterocycles. The molecule has 0 bridgehead atoms. The molecule has 7 heteroatoms. The molecule has 1 N–H and O–H groups in total. The zero-order chi connectivity index (χ0) is 16.2. The molecule has 1 amide bonds. The second-order valence-electron chi connectivity index (χ2n) is 4.59. The number of hydrogen-bond acceptors (Lipinski definition) is 4. The Morgan fingerprint density at radius 2 is 1.86 bits per heavy atom. The first-order chi connectivity index (χ1) is 10.3. The molecule has 0 aliphatic heterocycles. The van der Waals surface area contributed by atoms with Crippen LogP contribution in [0.1, 0.15) is 0 Å². The summed E-state index contributed by atoms with van der Waals surface area (Å²) >= 11 is 5.81. The molecule has 116 valence electrons. The largest absolute Gasteiger partial charge is 0.484 e. The predicted molar refractivity (Wildman–Crippen MR) is 85.1 cm³/mol. The van der Waals surface area contributed by atoms with Crippen LogP contribution >= 0.6 is 11.6 Å². The summed E-state index contributed by atoms with van der Waals surface area (Å²) in [6.45, 7) is -0.172. The van der Waals surface area contributed by atoms with Gasteiger partial charge in [-0.25, -0.2) is 8.42 Å². The highest BCUT2D eigenvalue weighted by Crippen LogP contribution is 2.17. The Bertz CT molecular complexity index is 772. The Labute approximate surface area is 133 Å². The van der Waals surface area contributed by atoms with Gasteiger partial charge in [-0.05, 0) is 42.5 Å². The van der Waals surface area contributed by atoms with Gasteiger partial charge in [-0.15, -0.1) is 0 Å². The van der Waals surface area contributed by atoms with Gasteiger partial charge in [0.2, 0.25) is 0 Å². The summed E-state index contributed by atoms with van der Waals surface area (Å²) in [6, 6.07) is 12.6. The van der Waals surface area contributed by atoms with E-state index in [0.717, 1.165) is 6.26 Å². The number of hydrogen-bond donors (Lipinski definition) is 1. The molecule has 0 radical (unpaired) electrons. The third kappa shape index (κ3) is 4.75. The number of sulfone groups is 1. The van der Waals surface area contributed by atoms with Crippen molar-refractivity contribution in [3.63, 3.8) is 0 Å². The zero-order valence-electron chi connectivity index (χ0n) is 11.7. The molecule has 0 saturated carbocycles. The van der Waals surface area contributed by atoms with E-state index in [2.05, 4.69) is 5.32 Å². The molecular weight excluding hydrogens is 326 g/mol. The molecule has 0 unspecified atom stereocenters. The average molecular weight is 340 g/mol. The van der Waals surface area contributed by atoms with Crippen molar-refractivity contribution in [2.24, 2.45) is 0 Å². The SMILES string of the molecule is CS(=O)(=O)c1ccc(NC(=O)COc2cccc(Cl)c2)cc1. The van der Waals surface area contributed by atoms with E-state index in [1.165, 1.54) is 24.3 Å². The lowest BCUT2D eigenvalue weighted by Crippen LogP contribution is -2.20. The fourth-order valence-corrected chi connectivity index (χ4v) is 2.50. The molecule has 2 aromatic carbocycles. The monoisotopic (exact) mass is 339 g/mol. The van der Waals surface area contributed by atoms with Crippen molar-refractivity contribution in [3.05, 3.63) is 53.6 Å². The van der Waals surface area contributed by atoms with Crippen molar-refractivity contribution in [3.8, 4) is 5.75 Å². The van der Waals surface area contributed by atoms with Crippen LogP contribution in [0.4, 0.5) is 5.69 Å². The lowest BCUT2D eigenvalue weighted by molar-refractivity contribution is -0.118. The van der Waals surface area contributed by atoms with Crippen molar-refractivity contribution in [1.82, 2.24) is 0 Å². The summed E-state index contributed by atoms with van der Waals surface area (Å²) in [5.74, 6) is 0.141. The second-order valence-corrected chi connectivity index (χ2v) is 7.04. The summed E-state index contributed by atoms with van der Waals surface area (Å²) in [6.07, 6.45) is 1.12. The Morgan fingerprint density at radius 3 is 2.45 bits per heavy atom. The van der Waals surface area contributed by atoms with E-state index in [9.17, 15) is 13.2 Å². The van der Waals surface area contributed by atoms with Crippen LogP contribution in [0.25, 0.3) is 0 Å². The standard InChI is InChI=1S/C15H14ClNO4S/c1-22(19,20)14-7-5-12(6-8-14)17-15(18)10-21-13-4-2-3-11(16)9-13/h2-9H,10H2,1H3,(H,17,18). The van der Waals surface area contributed by atoms with Gasteiger partial charge in [-0.1, -0.05) is 17.7 Å². The van der Waals surface area contributed by atoms with E-state index in [4.69, 9.17) is 16.3 Å². The van der Waals surface area contributed by atoms with Gasteiger partial charge in [-0.3, -0.25) is 4.79 Å². The first-order valence-electron chi connectivity index (χ1n) is 6.33. The fraction of sp³-hybridized carbons (Fsp3) is 0.133. The number of halogens is 1. The maximum absolute atomic E-state index is 11.8. The Kier molecular flexibility index (Phi) is 5.05. The highest BCUT2D eigenvalue weighted by molar-refractivity contribution is 7.90. The first kappa shape index (κ1) is 16.3. The summed E-state index contributed by atoms with van der Waals surface area (Å²) < 4.78 is 28.0. The van der Waals surface area contributed by atoms with Gasteiger partial charge in [-0.2, -0.15) is 0 Å². The third-order valence-corrected chi connectivity index (χ3v) is 4.10. The minimum Gasteiger partial charge on any atom is -0.484 e. The molecule has 2 aromatic rings. The van der Waals surface area contributed by atoms with Crippen molar-refractivity contribution < 1.29 is 17.9 Å². The van der Waals surface area contributed by atoms with Gasteiger partial charge in [0.25, 0.3) is 5.91 Å². The number of ether oxygens (including phenoxy) is 1. The van der Waals surface area contributed by atoms with E-state index in [0.29, 0.717) is 16.5 Å². The normalized spacial score (nSPS) is 11.0. The van der Waals surface area contributed by atoms with Crippen molar-refractivity contribution in [1.29, 1.82) is 0 Å². The number of rotatable bonds is 5. The highest BCUT2D eigenvalue weighted by Gasteiger charge is 2.08. The maximum Gasteiger partial charge on any atom is 0.262 e. The molecule has 0 atom stereocenters. The number of carbonyl (C=O) groups excluding carboxylic acids is 1. The van der Waals surface area contributed by atoms with Gasteiger partial charge in [0.05, 0.1) is 4.90 Å². The Hall–Kier alpha value is -2.05. The molecular formula is C15H14ClNO4S. The number of amides is 1. The van der Waals surface area contributed by atoms with E-state index in [1.807, 2.05) is 0 Å². The molecule has 0 aromatic heterocycles. The Morgan fingerprint density at radius 1 is 1.18 bits per heavy atom. The van der Waals surface area contributed by atoms with E-state index < -0.39 is 9.84 Å². The van der Waals surface area contributed by atoms with Crippen LogP contribution in [-0.2, 0) is 14.6 Å². The number of anilines is 1. The maximum atomic E-state index is 11.8. The molecule has 0 spiro atoms. The lowest BCUT2D eigenvalue weighted by atomic mass is 10.3. The highest BCUT2D eigenvalue weighted by atomic mass is 35.5. The molecule has 0 aliphatic rings. The average Bonchev–Trinajstić information content (AvgIpc) is 2.45. The van der Waals surface area contributed by atoms with Crippen LogP contribution in [0.2, 0.25) is 5.02 Å². The van der Waals surface area contributed by atoms with Crippen LogP contribution in [0.15, 0.2) is 53.4 Å². The minimum absolute atomic E-state index is 0.172. The predicted octanol–water partition coefficient (Wildman–Crippen LogP) is 2.76. The van der Waals surface area contributed by atoms with Gasteiger partial charge in [0, 0.05) is 17.0 Å². The topological polar surface area (TPSA) is 72.5 Å². The third-order valence-electron chi connectivity index (χ3n) is 2.73. The summed E-state index contributed by atoms with van der Waals surface area (Å²) in [5, 5.41) is 3.14. The summed E-state index contributed by atoms with van der Waals surface area (Å²) in [5.41, 5.74) is 0.493. The minimum atomic E-state index is -3.25. The molecule has 0 saturated heterocycles. The van der Waals surface area contributed by atoms with E-state index in [1.54, 1.807) is 24.3 Å². The molecule has 0 fully saturated rings. The first-order valence-corrected chi connectivity index (χ1v) is 8.60. The second kappa shape index (κ2) is 6.81. The molecule has 22 heavy (non-hydrogen) atoms. The number of benzene rings is 2. The number of carbonyl (C=O) groups is 1. The zero-order valence-corrected chi connectivity index (χ0v) is 13.3. The smallest absolute Gasteiger partial charge is 0.262 e. The van der Waals surface area contributed by atoms with Crippen molar-refractivity contribution in [2.45, 2.75) is 4.90 Å². The quantitative estimate of drug-likeness (QED) is 0.909. The summed E-state index contributed by atoms with van der Waals surface area (Å²) in [4.78, 5) is 12.0. The Balaban J connectivity index is 1.92. The molecule has 2 rings (SSSR count). The number of nitrogens with one attached hydrogen (secondary N) is 1.